The van der Waals surface area contributed by atoms with Gasteiger partial charge in [0.1, 0.15) is 73.2 Å². The molecule has 5 aliphatic heterocycles. The molecular formula is C45H74O19. The van der Waals surface area contributed by atoms with E-state index in [4.69, 9.17) is 37.9 Å². The first-order valence-electron chi connectivity index (χ1n) is 23.9. The second kappa shape index (κ2) is 18.2. The average Bonchev–Trinajstić information content (AvgIpc) is 3.72. The normalized spacial score (nSPS) is 58.6. The molecule has 5 saturated heterocycles. The first-order valence-corrected chi connectivity index (χ1v) is 23.9. The van der Waals surface area contributed by atoms with Gasteiger partial charge in [0.2, 0.25) is 0 Å². The third-order valence-electron chi connectivity index (χ3n) is 18.3. The summed E-state index contributed by atoms with van der Waals surface area (Å²) >= 11 is 0. The molecule has 0 aromatic rings. The number of aliphatic hydroxyl groups excluding tert-OH is 11. The third-order valence-corrected chi connectivity index (χ3v) is 18.3. The van der Waals surface area contributed by atoms with Crippen molar-refractivity contribution in [3.63, 3.8) is 0 Å². The Morgan fingerprint density at radius 1 is 0.578 bits per heavy atom. The highest BCUT2D eigenvalue weighted by Crippen LogP contribution is 2.71. The molecule has 9 aliphatic rings. The zero-order valence-electron chi connectivity index (χ0n) is 37.3. The minimum atomic E-state index is -1.91. The SMILES string of the molecule is C[C@@H]1CC[C@@]2(OC1)O[C@H]1C[C@H]3[C@@H]4CC[C@H]5C[C@@H](O[C@H]6O[C@@H](CO)[C@H](O[C@@H]7O[C@H](CO)[C@@H](O)[C@H](O)[C@@H]7O[C@@H]7O[C@H](CO)[C@H](O)[C@H](O)[C@@H]7O)[C@@H](O)[C@@H]6O)[C@@H](O)C[C@@]5(C)[C@@H]4CC[C@@]3(C)[C@H]1[C@@H]2C. The Kier molecular flexibility index (Phi) is 13.7. The summed E-state index contributed by atoms with van der Waals surface area (Å²) in [5, 5.41) is 118. The lowest BCUT2D eigenvalue weighted by Gasteiger charge is -2.62. The van der Waals surface area contributed by atoms with Crippen molar-refractivity contribution in [2.75, 3.05) is 26.4 Å². The van der Waals surface area contributed by atoms with Crippen LogP contribution in [0.1, 0.15) is 85.5 Å². The Labute approximate surface area is 373 Å². The highest BCUT2D eigenvalue weighted by atomic mass is 16.8. The Hall–Kier alpha value is -0.760. The zero-order valence-corrected chi connectivity index (χ0v) is 37.3. The molecule has 19 heteroatoms. The largest absolute Gasteiger partial charge is 0.394 e. The van der Waals surface area contributed by atoms with Gasteiger partial charge in [0.15, 0.2) is 24.7 Å². The maximum Gasteiger partial charge on any atom is 0.187 e. The summed E-state index contributed by atoms with van der Waals surface area (Å²) in [7, 11) is 0. The van der Waals surface area contributed by atoms with Gasteiger partial charge in [-0.05, 0) is 97.7 Å². The molecule has 4 aliphatic carbocycles. The summed E-state index contributed by atoms with van der Waals surface area (Å²) in [5.74, 6) is 2.57. The zero-order chi connectivity index (χ0) is 45.8. The van der Waals surface area contributed by atoms with Crippen molar-refractivity contribution >= 4 is 0 Å². The lowest BCUT2D eigenvalue weighted by molar-refractivity contribution is -0.391. The fourth-order valence-electron chi connectivity index (χ4n) is 14.7. The smallest absolute Gasteiger partial charge is 0.187 e. The predicted octanol–water partition coefficient (Wildman–Crippen LogP) is -1.76. The monoisotopic (exact) mass is 918 g/mol. The van der Waals surface area contributed by atoms with Gasteiger partial charge in [0, 0.05) is 12.3 Å². The van der Waals surface area contributed by atoms with Gasteiger partial charge in [-0.15, -0.1) is 0 Å². The van der Waals surface area contributed by atoms with Crippen molar-refractivity contribution in [3.05, 3.63) is 0 Å². The van der Waals surface area contributed by atoms with E-state index >= 15 is 0 Å². The molecule has 19 nitrogen and oxygen atoms in total. The maximum atomic E-state index is 11.8. The predicted molar refractivity (Wildman–Crippen MR) is 217 cm³/mol. The molecule has 4 saturated carbocycles. The maximum absolute atomic E-state index is 11.8. The number of rotatable bonds is 9. The van der Waals surface area contributed by atoms with Crippen molar-refractivity contribution < 1.29 is 94.1 Å². The van der Waals surface area contributed by atoms with Gasteiger partial charge in [-0.3, -0.25) is 0 Å². The van der Waals surface area contributed by atoms with Crippen molar-refractivity contribution in [2.24, 2.45) is 52.3 Å². The van der Waals surface area contributed by atoms with Gasteiger partial charge in [-0.2, -0.15) is 0 Å². The second-order valence-corrected chi connectivity index (χ2v) is 21.7. The molecule has 9 rings (SSSR count). The van der Waals surface area contributed by atoms with E-state index < -0.39 is 130 Å². The first-order chi connectivity index (χ1) is 30.4. The lowest BCUT2D eigenvalue weighted by Crippen LogP contribution is -2.67. The summed E-state index contributed by atoms with van der Waals surface area (Å²) in [6.45, 7) is 7.85. The van der Waals surface area contributed by atoms with E-state index in [1.807, 2.05) is 0 Å². The molecule has 9 fully saturated rings. The standard InChI is InChI=1S/C45H74O19/c1-18-7-10-45(57-17-18)19(2)30-26(64-45)12-23-21-6-5-20-11-25(24(49)13-44(20,4)22(21)8-9-43(23,30)3)58-40-37(56)35(54)38(29(16-48)61-40)62-42-39(34(53)32(51)28(15-47)60-42)63-41-36(55)33(52)31(50)27(14-46)59-41/h18-42,46-56H,5-17H2,1-4H3/t18-,19+,20+,21-,22-,23+,24+,25-,26+,27-,28-,29+,30+,31+,32-,33+,34+,35+,36+,37+,38+,39+,40+,41+,42+,43-,44-,45-/m1/s1. The van der Waals surface area contributed by atoms with Crippen LogP contribution in [-0.4, -0.2) is 199 Å². The average molecular weight is 919 g/mol. The number of hydrogen-bond donors (Lipinski definition) is 11. The van der Waals surface area contributed by atoms with Crippen LogP contribution in [0.25, 0.3) is 0 Å². The molecule has 0 bridgehead atoms. The van der Waals surface area contributed by atoms with E-state index in [9.17, 15) is 56.2 Å². The molecule has 0 unspecified atom stereocenters. The second-order valence-electron chi connectivity index (χ2n) is 21.7. The first kappa shape index (κ1) is 48.3. The lowest BCUT2D eigenvalue weighted by atomic mass is 9.44. The van der Waals surface area contributed by atoms with Crippen molar-refractivity contribution in [2.45, 2.75) is 202 Å². The Bertz CT molecular complexity index is 1600. The summed E-state index contributed by atoms with van der Waals surface area (Å²) in [6.07, 6.45) is -18.5. The molecule has 1 spiro atoms. The Morgan fingerprint density at radius 2 is 1.19 bits per heavy atom. The van der Waals surface area contributed by atoms with E-state index in [-0.39, 0.29) is 22.9 Å². The van der Waals surface area contributed by atoms with Crippen LogP contribution in [0.5, 0.6) is 0 Å². The van der Waals surface area contributed by atoms with Gasteiger partial charge >= 0.3 is 0 Å². The Balaban J connectivity index is 0.848. The molecule has 0 aromatic heterocycles. The van der Waals surface area contributed by atoms with Gasteiger partial charge in [-0.25, -0.2) is 0 Å². The molecule has 0 amide bonds. The summed E-state index contributed by atoms with van der Waals surface area (Å²) in [4.78, 5) is 0. The van der Waals surface area contributed by atoms with Crippen LogP contribution in [0.3, 0.4) is 0 Å². The van der Waals surface area contributed by atoms with E-state index in [1.54, 1.807) is 0 Å². The van der Waals surface area contributed by atoms with Gasteiger partial charge < -0.3 is 94.1 Å². The topological polar surface area (TPSA) is 296 Å². The molecule has 0 aromatic carbocycles. The number of fused-ring (bicyclic) bond motifs is 7. The number of aliphatic hydroxyl groups is 11. The van der Waals surface area contributed by atoms with Crippen LogP contribution >= 0.6 is 0 Å². The fourth-order valence-corrected chi connectivity index (χ4v) is 14.7. The minimum absolute atomic E-state index is 0.144. The molecule has 11 N–H and O–H groups in total. The number of ether oxygens (including phenoxy) is 8. The third kappa shape index (κ3) is 7.85. The van der Waals surface area contributed by atoms with Crippen molar-refractivity contribution in [1.29, 1.82) is 0 Å². The minimum Gasteiger partial charge on any atom is -0.394 e. The van der Waals surface area contributed by atoms with Crippen LogP contribution in [0.4, 0.5) is 0 Å². The molecule has 368 valence electrons. The van der Waals surface area contributed by atoms with Gasteiger partial charge in [0.25, 0.3) is 0 Å². The molecular weight excluding hydrogens is 844 g/mol. The van der Waals surface area contributed by atoms with E-state index in [0.29, 0.717) is 48.3 Å². The van der Waals surface area contributed by atoms with Gasteiger partial charge in [-0.1, -0.05) is 27.7 Å². The quantitative estimate of drug-likeness (QED) is 0.114. The molecule has 28 atom stereocenters. The van der Waals surface area contributed by atoms with E-state index in [0.717, 1.165) is 51.6 Å². The van der Waals surface area contributed by atoms with Crippen LogP contribution < -0.4 is 0 Å². The number of hydrogen-bond acceptors (Lipinski definition) is 19. The summed E-state index contributed by atoms with van der Waals surface area (Å²) < 4.78 is 48.7. The highest BCUT2D eigenvalue weighted by Gasteiger charge is 2.69. The molecule has 5 heterocycles. The van der Waals surface area contributed by atoms with Crippen molar-refractivity contribution in [3.8, 4) is 0 Å². The fraction of sp³-hybridized carbons (Fsp3) is 1.00. The van der Waals surface area contributed by atoms with E-state index in [1.165, 1.54) is 0 Å². The summed E-state index contributed by atoms with van der Waals surface area (Å²) in [6, 6.07) is 0. The van der Waals surface area contributed by atoms with E-state index in [2.05, 4.69) is 27.7 Å². The highest BCUT2D eigenvalue weighted by molar-refractivity contribution is 5.16. The van der Waals surface area contributed by atoms with Crippen LogP contribution in [0.15, 0.2) is 0 Å². The van der Waals surface area contributed by atoms with Crippen LogP contribution in [0, 0.1) is 52.3 Å². The van der Waals surface area contributed by atoms with Crippen LogP contribution in [0.2, 0.25) is 0 Å². The molecule has 64 heavy (non-hydrogen) atoms. The molecule has 0 radical (unpaired) electrons. The van der Waals surface area contributed by atoms with Crippen molar-refractivity contribution in [1.82, 2.24) is 0 Å². The van der Waals surface area contributed by atoms with Crippen LogP contribution in [-0.2, 0) is 37.9 Å². The Morgan fingerprint density at radius 3 is 1.86 bits per heavy atom. The van der Waals surface area contributed by atoms with Gasteiger partial charge in [0.05, 0.1) is 44.7 Å². The summed E-state index contributed by atoms with van der Waals surface area (Å²) in [5.41, 5.74) is 0.0147.